The van der Waals surface area contributed by atoms with Crippen LogP contribution >= 0.6 is 0 Å². The first-order valence-corrected chi connectivity index (χ1v) is 5.85. The number of carboxylic acid groups (broad SMARTS) is 1. The van der Waals surface area contributed by atoms with Crippen molar-refractivity contribution in [1.82, 2.24) is 0 Å². The lowest BCUT2D eigenvalue weighted by molar-refractivity contribution is -0.137. The number of fused-ring (bicyclic) bond motifs is 1. The molecule has 1 aliphatic carbocycles. The first kappa shape index (κ1) is 11.9. The van der Waals surface area contributed by atoms with Gasteiger partial charge >= 0.3 is 5.97 Å². The van der Waals surface area contributed by atoms with Gasteiger partial charge in [0.05, 0.1) is 13.0 Å². The Kier molecular flexibility index (Phi) is 3.33. The summed E-state index contributed by atoms with van der Waals surface area (Å²) < 4.78 is 5.55. The van der Waals surface area contributed by atoms with Crippen LogP contribution in [0.2, 0.25) is 0 Å². The van der Waals surface area contributed by atoms with Crippen LogP contribution in [0.1, 0.15) is 30.4 Å². The highest BCUT2D eigenvalue weighted by Gasteiger charge is 2.33. The van der Waals surface area contributed by atoms with Crippen LogP contribution in [0.25, 0.3) is 0 Å². The maximum Gasteiger partial charge on any atom is 0.304 e. The summed E-state index contributed by atoms with van der Waals surface area (Å²) in [7, 11) is 0. The third-order valence-corrected chi connectivity index (χ3v) is 3.22. The number of nitrogens with two attached hydrogens (primary N) is 1. The van der Waals surface area contributed by atoms with Crippen LogP contribution in [0, 0.1) is 0 Å². The molecule has 1 aliphatic rings. The second kappa shape index (κ2) is 4.75. The summed E-state index contributed by atoms with van der Waals surface area (Å²) in [6.07, 6.45) is 0.785. The number of ether oxygens (including phenoxy) is 1. The lowest BCUT2D eigenvalue weighted by Crippen LogP contribution is -2.26. The fourth-order valence-corrected chi connectivity index (χ4v) is 2.50. The largest absolute Gasteiger partial charge is 0.494 e. The first-order chi connectivity index (χ1) is 8.13. The number of benzene rings is 1. The molecule has 0 fully saturated rings. The van der Waals surface area contributed by atoms with Crippen molar-refractivity contribution in [2.24, 2.45) is 5.73 Å². The van der Waals surface area contributed by atoms with E-state index < -0.39 is 5.97 Å². The maximum absolute atomic E-state index is 10.8. The molecule has 2 atom stereocenters. The van der Waals surface area contributed by atoms with Gasteiger partial charge in [-0.25, -0.2) is 0 Å². The third-order valence-electron chi connectivity index (χ3n) is 3.22. The Balaban J connectivity index is 2.33. The molecule has 1 aromatic rings. The molecule has 0 amide bonds. The predicted octanol–water partition coefficient (Wildman–Crippen LogP) is 1.53. The lowest BCUT2D eigenvalue weighted by Gasteiger charge is -2.14. The zero-order valence-electron chi connectivity index (χ0n) is 9.85. The third kappa shape index (κ3) is 2.26. The molecule has 92 valence electrons. The molecule has 0 heterocycles. The predicted molar refractivity (Wildman–Crippen MR) is 64.3 cm³/mol. The highest BCUT2D eigenvalue weighted by atomic mass is 16.5. The van der Waals surface area contributed by atoms with E-state index in [1.807, 2.05) is 25.1 Å². The van der Waals surface area contributed by atoms with E-state index in [1.54, 1.807) is 0 Å². The molecule has 17 heavy (non-hydrogen) atoms. The summed E-state index contributed by atoms with van der Waals surface area (Å²) in [6.45, 7) is 2.54. The van der Waals surface area contributed by atoms with Crippen LogP contribution in [0.5, 0.6) is 5.75 Å². The molecule has 0 saturated heterocycles. The SMILES string of the molecule is CCOc1cccc2c1CC(N)C2CC(=O)O. The van der Waals surface area contributed by atoms with Crippen molar-refractivity contribution in [3.8, 4) is 5.75 Å². The number of hydrogen-bond donors (Lipinski definition) is 2. The molecular formula is C13H17NO3. The molecule has 0 aromatic heterocycles. The van der Waals surface area contributed by atoms with Gasteiger partial charge in [-0.3, -0.25) is 4.79 Å². The Hall–Kier alpha value is -1.55. The van der Waals surface area contributed by atoms with Gasteiger partial charge in [0.2, 0.25) is 0 Å². The van der Waals surface area contributed by atoms with Gasteiger partial charge in [0.15, 0.2) is 0 Å². The summed E-state index contributed by atoms with van der Waals surface area (Å²) in [5.41, 5.74) is 8.13. The van der Waals surface area contributed by atoms with E-state index in [4.69, 9.17) is 15.6 Å². The van der Waals surface area contributed by atoms with E-state index in [0.717, 1.165) is 16.9 Å². The highest BCUT2D eigenvalue weighted by Crippen LogP contribution is 2.39. The highest BCUT2D eigenvalue weighted by molar-refractivity contribution is 5.69. The molecule has 4 heteroatoms. The van der Waals surface area contributed by atoms with Crippen LogP contribution < -0.4 is 10.5 Å². The van der Waals surface area contributed by atoms with Gasteiger partial charge < -0.3 is 15.6 Å². The molecule has 2 unspecified atom stereocenters. The summed E-state index contributed by atoms with van der Waals surface area (Å²) in [5.74, 6) is -0.0589. The molecule has 3 N–H and O–H groups in total. The van der Waals surface area contributed by atoms with E-state index >= 15 is 0 Å². The monoisotopic (exact) mass is 235 g/mol. The molecule has 0 bridgehead atoms. The maximum atomic E-state index is 10.8. The topological polar surface area (TPSA) is 72.5 Å². The minimum atomic E-state index is -0.805. The Morgan fingerprint density at radius 1 is 1.59 bits per heavy atom. The second-order valence-electron chi connectivity index (χ2n) is 4.33. The fourth-order valence-electron chi connectivity index (χ4n) is 2.50. The first-order valence-electron chi connectivity index (χ1n) is 5.85. The van der Waals surface area contributed by atoms with Crippen molar-refractivity contribution in [2.75, 3.05) is 6.61 Å². The zero-order valence-corrected chi connectivity index (χ0v) is 9.85. The average molecular weight is 235 g/mol. The summed E-state index contributed by atoms with van der Waals surface area (Å²) >= 11 is 0. The van der Waals surface area contributed by atoms with Crippen molar-refractivity contribution >= 4 is 5.97 Å². The molecule has 2 rings (SSSR count). The van der Waals surface area contributed by atoms with Crippen molar-refractivity contribution in [3.63, 3.8) is 0 Å². The Morgan fingerprint density at radius 2 is 2.35 bits per heavy atom. The minimum absolute atomic E-state index is 0.0870. The molecule has 1 aromatic carbocycles. The Labute approximate surface area is 100 Å². The molecule has 0 spiro atoms. The van der Waals surface area contributed by atoms with Crippen molar-refractivity contribution < 1.29 is 14.6 Å². The lowest BCUT2D eigenvalue weighted by atomic mass is 9.95. The van der Waals surface area contributed by atoms with E-state index in [2.05, 4.69) is 0 Å². The quantitative estimate of drug-likeness (QED) is 0.830. The molecule has 0 aliphatic heterocycles. The van der Waals surface area contributed by atoms with E-state index in [-0.39, 0.29) is 18.4 Å². The van der Waals surface area contributed by atoms with Gasteiger partial charge in [-0.15, -0.1) is 0 Å². The van der Waals surface area contributed by atoms with Crippen molar-refractivity contribution in [1.29, 1.82) is 0 Å². The van der Waals surface area contributed by atoms with Gasteiger partial charge in [-0.1, -0.05) is 12.1 Å². The number of aliphatic carboxylic acids is 1. The Morgan fingerprint density at radius 3 is 3.00 bits per heavy atom. The van der Waals surface area contributed by atoms with E-state index in [0.29, 0.717) is 13.0 Å². The van der Waals surface area contributed by atoms with Crippen LogP contribution in [0.4, 0.5) is 0 Å². The molecule has 0 radical (unpaired) electrons. The minimum Gasteiger partial charge on any atom is -0.494 e. The number of carbonyl (C=O) groups is 1. The number of carboxylic acids is 1. The zero-order chi connectivity index (χ0) is 12.4. The summed E-state index contributed by atoms with van der Waals surface area (Å²) in [4.78, 5) is 10.8. The molecule has 4 nitrogen and oxygen atoms in total. The van der Waals surface area contributed by atoms with Crippen molar-refractivity contribution in [2.45, 2.75) is 31.7 Å². The molecular weight excluding hydrogens is 218 g/mol. The Bertz CT molecular complexity index is 431. The van der Waals surface area contributed by atoms with Crippen LogP contribution in [0.3, 0.4) is 0 Å². The van der Waals surface area contributed by atoms with Gasteiger partial charge in [0.1, 0.15) is 5.75 Å². The molecule has 0 saturated carbocycles. The van der Waals surface area contributed by atoms with E-state index in [1.165, 1.54) is 0 Å². The van der Waals surface area contributed by atoms with E-state index in [9.17, 15) is 4.79 Å². The smallest absolute Gasteiger partial charge is 0.304 e. The van der Waals surface area contributed by atoms with Crippen LogP contribution in [-0.2, 0) is 11.2 Å². The second-order valence-corrected chi connectivity index (χ2v) is 4.33. The van der Waals surface area contributed by atoms with Gasteiger partial charge in [-0.2, -0.15) is 0 Å². The fraction of sp³-hybridized carbons (Fsp3) is 0.462. The van der Waals surface area contributed by atoms with Crippen LogP contribution in [-0.4, -0.2) is 23.7 Å². The normalized spacial score (nSPS) is 22.2. The van der Waals surface area contributed by atoms with Crippen LogP contribution in [0.15, 0.2) is 18.2 Å². The van der Waals surface area contributed by atoms with Gasteiger partial charge in [-0.05, 0) is 30.5 Å². The number of rotatable bonds is 4. The van der Waals surface area contributed by atoms with Crippen molar-refractivity contribution in [3.05, 3.63) is 29.3 Å². The standard InChI is InChI=1S/C13H17NO3/c1-2-17-12-5-3-4-8-9(7-13(15)16)11(14)6-10(8)12/h3-5,9,11H,2,6-7,14H2,1H3,(H,15,16). The summed E-state index contributed by atoms with van der Waals surface area (Å²) in [5, 5.41) is 8.90. The average Bonchev–Trinajstić information content (AvgIpc) is 2.57. The van der Waals surface area contributed by atoms with Gasteiger partial charge in [0, 0.05) is 12.0 Å². The van der Waals surface area contributed by atoms with Gasteiger partial charge in [0.25, 0.3) is 0 Å². The summed E-state index contributed by atoms with van der Waals surface area (Å²) in [6, 6.07) is 5.65. The number of hydrogen-bond acceptors (Lipinski definition) is 3.